The van der Waals surface area contributed by atoms with Gasteiger partial charge in [-0.1, -0.05) is 54.1 Å². The summed E-state index contributed by atoms with van der Waals surface area (Å²) in [5.41, 5.74) is 1.26. The summed E-state index contributed by atoms with van der Waals surface area (Å²) in [6, 6.07) is 13.3. The molecule has 0 unspecified atom stereocenters. The number of nitrogens with one attached hydrogen (secondary N) is 1. The van der Waals surface area contributed by atoms with Crippen LogP contribution in [0.2, 0.25) is 5.02 Å². The first kappa shape index (κ1) is 20.8. The fraction of sp³-hybridized carbons (Fsp3) is 0.320. The van der Waals surface area contributed by atoms with Crippen molar-refractivity contribution in [2.24, 2.45) is 23.7 Å². The van der Waals surface area contributed by atoms with Crippen molar-refractivity contribution in [3.05, 3.63) is 71.3 Å². The smallest absolute Gasteiger partial charge is 0.248 e. The monoisotopic (exact) mass is 450 g/mol. The number of anilines is 1. The van der Waals surface area contributed by atoms with E-state index in [0.717, 1.165) is 12.0 Å². The number of ether oxygens (including phenoxy) is 1. The fourth-order valence-electron chi connectivity index (χ4n) is 5.37. The van der Waals surface area contributed by atoms with Crippen molar-refractivity contribution in [1.82, 2.24) is 4.90 Å². The number of halogens is 1. The van der Waals surface area contributed by atoms with Crippen LogP contribution < -0.4 is 10.1 Å². The zero-order valence-corrected chi connectivity index (χ0v) is 18.3. The number of hydrogen-bond acceptors (Lipinski definition) is 4. The highest BCUT2D eigenvalue weighted by molar-refractivity contribution is 6.31. The number of likely N-dealkylation sites (tertiary alicyclic amines) is 1. The Morgan fingerprint density at radius 3 is 2.38 bits per heavy atom. The van der Waals surface area contributed by atoms with E-state index in [4.69, 9.17) is 16.3 Å². The molecule has 6 nitrogen and oxygen atoms in total. The second-order valence-corrected chi connectivity index (χ2v) is 9.02. The van der Waals surface area contributed by atoms with Crippen LogP contribution in [0.1, 0.15) is 12.0 Å². The Labute approximate surface area is 191 Å². The summed E-state index contributed by atoms with van der Waals surface area (Å²) in [5.74, 6) is -1.04. The first-order chi connectivity index (χ1) is 15.5. The molecule has 2 fully saturated rings. The van der Waals surface area contributed by atoms with Crippen LogP contribution in [-0.4, -0.2) is 35.8 Å². The van der Waals surface area contributed by atoms with Gasteiger partial charge in [-0.3, -0.25) is 19.3 Å². The molecule has 1 N–H and O–H groups in total. The Bertz CT molecular complexity index is 1090. The largest absolute Gasteiger partial charge is 0.495 e. The molecule has 7 heteroatoms. The number of carbonyl (C=O) groups excluding carboxylic acids is 3. The van der Waals surface area contributed by atoms with E-state index in [1.807, 2.05) is 42.5 Å². The van der Waals surface area contributed by atoms with Crippen LogP contribution in [0.15, 0.2) is 60.7 Å². The van der Waals surface area contributed by atoms with Crippen LogP contribution in [0, 0.1) is 23.7 Å². The molecule has 32 heavy (non-hydrogen) atoms. The predicted octanol–water partition coefficient (Wildman–Crippen LogP) is 3.71. The average molecular weight is 451 g/mol. The van der Waals surface area contributed by atoms with Gasteiger partial charge < -0.3 is 10.1 Å². The van der Waals surface area contributed by atoms with E-state index in [1.165, 1.54) is 12.0 Å². The molecule has 2 bridgehead atoms. The third kappa shape index (κ3) is 3.39. The molecule has 1 heterocycles. The van der Waals surface area contributed by atoms with Gasteiger partial charge in [0.05, 0.1) is 24.6 Å². The molecule has 0 aromatic heterocycles. The van der Waals surface area contributed by atoms with Crippen LogP contribution in [0.3, 0.4) is 0 Å². The first-order valence-corrected chi connectivity index (χ1v) is 11.1. The van der Waals surface area contributed by atoms with Crippen molar-refractivity contribution in [1.29, 1.82) is 0 Å². The summed E-state index contributed by atoms with van der Waals surface area (Å²) >= 11 is 6.11. The summed E-state index contributed by atoms with van der Waals surface area (Å²) in [6.07, 6.45) is 5.17. The van der Waals surface area contributed by atoms with E-state index in [2.05, 4.69) is 5.32 Å². The number of imide groups is 1. The molecule has 164 valence electrons. The Balaban J connectivity index is 1.48. The van der Waals surface area contributed by atoms with Crippen LogP contribution in [0.25, 0.3) is 0 Å². The van der Waals surface area contributed by atoms with Crippen molar-refractivity contribution < 1.29 is 19.1 Å². The van der Waals surface area contributed by atoms with Gasteiger partial charge >= 0.3 is 0 Å². The van der Waals surface area contributed by atoms with Gasteiger partial charge in [-0.2, -0.15) is 0 Å². The van der Waals surface area contributed by atoms with E-state index in [0.29, 0.717) is 16.5 Å². The van der Waals surface area contributed by atoms with E-state index in [1.54, 1.807) is 18.2 Å². The molecule has 2 aromatic rings. The molecule has 2 aromatic carbocycles. The zero-order chi connectivity index (χ0) is 22.4. The fourth-order valence-corrected chi connectivity index (χ4v) is 5.54. The van der Waals surface area contributed by atoms with Crippen molar-refractivity contribution in [3.63, 3.8) is 0 Å². The van der Waals surface area contributed by atoms with Gasteiger partial charge in [-0.25, -0.2) is 0 Å². The summed E-state index contributed by atoms with van der Waals surface area (Å²) in [7, 11) is 1.50. The normalized spacial score (nSPS) is 26.4. The van der Waals surface area contributed by atoms with Crippen molar-refractivity contribution in [2.45, 2.75) is 18.9 Å². The molecular formula is C25H23ClN2O4. The maximum Gasteiger partial charge on any atom is 0.248 e. The van der Waals surface area contributed by atoms with Crippen LogP contribution >= 0.6 is 11.6 Å². The van der Waals surface area contributed by atoms with Crippen molar-refractivity contribution in [3.8, 4) is 5.75 Å². The third-order valence-electron chi connectivity index (χ3n) is 6.81. The van der Waals surface area contributed by atoms with Gasteiger partial charge in [0.2, 0.25) is 17.7 Å². The molecule has 0 radical (unpaired) electrons. The quantitative estimate of drug-likeness (QED) is 0.537. The lowest BCUT2D eigenvalue weighted by Gasteiger charge is -2.27. The highest BCUT2D eigenvalue weighted by atomic mass is 35.5. The molecule has 1 saturated carbocycles. The maximum atomic E-state index is 13.5. The minimum Gasteiger partial charge on any atom is -0.495 e. The predicted molar refractivity (Wildman–Crippen MR) is 120 cm³/mol. The summed E-state index contributed by atoms with van der Waals surface area (Å²) in [4.78, 5) is 41.5. The molecule has 3 amide bonds. The second-order valence-electron chi connectivity index (χ2n) is 8.59. The molecule has 1 aliphatic heterocycles. The lowest BCUT2D eigenvalue weighted by atomic mass is 9.85. The molecule has 5 rings (SSSR count). The van der Waals surface area contributed by atoms with Gasteiger partial charge in [-0.15, -0.1) is 0 Å². The van der Waals surface area contributed by atoms with Gasteiger partial charge in [0.1, 0.15) is 11.8 Å². The Morgan fingerprint density at radius 1 is 1.09 bits per heavy atom. The number of rotatable bonds is 6. The Kier molecular flexibility index (Phi) is 5.25. The maximum absolute atomic E-state index is 13.5. The van der Waals surface area contributed by atoms with E-state index in [9.17, 15) is 14.4 Å². The van der Waals surface area contributed by atoms with Crippen molar-refractivity contribution >= 4 is 35.0 Å². The first-order valence-electron chi connectivity index (χ1n) is 10.7. The van der Waals surface area contributed by atoms with Gasteiger partial charge in [-0.05, 0) is 42.0 Å². The average Bonchev–Trinajstić information content (AvgIpc) is 3.47. The van der Waals surface area contributed by atoms with Gasteiger partial charge in [0, 0.05) is 11.4 Å². The van der Waals surface area contributed by atoms with Crippen molar-refractivity contribution in [2.75, 3.05) is 12.4 Å². The topological polar surface area (TPSA) is 75.7 Å². The number of hydrogen-bond donors (Lipinski definition) is 1. The van der Waals surface area contributed by atoms with Crippen LogP contribution in [0.4, 0.5) is 5.69 Å². The standard InChI is InChI=1S/C25H23ClN2O4/c1-32-20-10-9-17(26)13-18(20)27-23(29)19(11-14-5-3-2-4-6-14)28-24(30)21-15-7-8-16(12-15)22(21)25(28)31/h2-10,13,15-16,19,21-22H,11-12H2,1H3,(H,27,29)/t15-,16-,19-,21+,22+/m0/s1. The van der Waals surface area contributed by atoms with Crippen LogP contribution in [0.5, 0.6) is 5.75 Å². The number of carbonyl (C=O) groups is 3. The number of nitrogens with zero attached hydrogens (tertiary/aromatic N) is 1. The highest BCUT2D eigenvalue weighted by Gasteiger charge is 2.61. The lowest BCUT2D eigenvalue weighted by Crippen LogP contribution is -2.49. The van der Waals surface area contributed by atoms with E-state index < -0.39 is 11.9 Å². The second kappa shape index (κ2) is 8.10. The molecule has 3 aliphatic rings. The number of benzene rings is 2. The van der Waals surface area contributed by atoms with Crippen LogP contribution in [-0.2, 0) is 20.8 Å². The number of allylic oxidation sites excluding steroid dienone is 2. The number of amides is 3. The molecule has 5 atom stereocenters. The minimum atomic E-state index is -0.967. The molecule has 1 saturated heterocycles. The highest BCUT2D eigenvalue weighted by Crippen LogP contribution is 2.53. The SMILES string of the molecule is COc1ccc(Cl)cc1NC(=O)[C@H](Cc1ccccc1)N1C(=O)[C@H]2[C@H](C1=O)[C@H]1C=C[C@H]2C1. The van der Waals surface area contributed by atoms with E-state index >= 15 is 0 Å². The summed E-state index contributed by atoms with van der Waals surface area (Å²) in [5, 5.41) is 3.27. The zero-order valence-electron chi connectivity index (χ0n) is 17.5. The van der Waals surface area contributed by atoms with Gasteiger partial charge in [0.15, 0.2) is 0 Å². The molecule has 2 aliphatic carbocycles. The summed E-state index contributed by atoms with van der Waals surface area (Å²) in [6.45, 7) is 0. The number of methoxy groups -OCH3 is 1. The Hall–Kier alpha value is -3.12. The summed E-state index contributed by atoms with van der Waals surface area (Å²) < 4.78 is 5.33. The molecule has 0 spiro atoms. The Morgan fingerprint density at radius 2 is 1.75 bits per heavy atom. The molecular weight excluding hydrogens is 428 g/mol. The van der Waals surface area contributed by atoms with E-state index in [-0.39, 0.29) is 41.9 Å². The lowest BCUT2D eigenvalue weighted by molar-refractivity contribution is -0.147. The third-order valence-corrected chi connectivity index (χ3v) is 7.05. The number of fused-ring (bicyclic) bond motifs is 5. The van der Waals surface area contributed by atoms with Gasteiger partial charge in [0.25, 0.3) is 0 Å². The minimum absolute atomic E-state index is 0.0833.